The van der Waals surface area contributed by atoms with Gasteiger partial charge in [0, 0.05) is 19.3 Å². The maximum atomic E-state index is 12.8. The van der Waals surface area contributed by atoms with Crippen molar-refractivity contribution < 1.29 is 28.6 Å². The van der Waals surface area contributed by atoms with Crippen molar-refractivity contribution in [3.63, 3.8) is 0 Å². The third kappa shape index (κ3) is 52.3. The van der Waals surface area contributed by atoms with Gasteiger partial charge in [-0.3, -0.25) is 14.4 Å². The highest BCUT2D eigenvalue weighted by Crippen LogP contribution is 2.16. The van der Waals surface area contributed by atoms with Crippen molar-refractivity contribution in [1.82, 2.24) is 0 Å². The zero-order chi connectivity index (χ0) is 47.9. The molecule has 384 valence electrons. The average molecular weight is 926 g/mol. The highest BCUT2D eigenvalue weighted by atomic mass is 16.6. The summed E-state index contributed by atoms with van der Waals surface area (Å²) >= 11 is 0. The van der Waals surface area contributed by atoms with Gasteiger partial charge in [0.05, 0.1) is 0 Å². The van der Waals surface area contributed by atoms with E-state index in [4.69, 9.17) is 14.2 Å². The molecular weight excluding hydrogens is 817 g/mol. The number of hydrogen-bond donors (Lipinski definition) is 0. The minimum Gasteiger partial charge on any atom is -0.462 e. The molecule has 0 aromatic rings. The number of esters is 3. The molecule has 66 heavy (non-hydrogen) atoms. The van der Waals surface area contributed by atoms with Crippen molar-refractivity contribution in [1.29, 1.82) is 0 Å². The van der Waals surface area contributed by atoms with Gasteiger partial charge in [-0.2, -0.15) is 0 Å². The molecule has 0 rings (SSSR count). The Balaban J connectivity index is 4.41. The lowest BCUT2D eigenvalue weighted by Gasteiger charge is -2.18. The molecule has 0 aromatic carbocycles. The van der Waals surface area contributed by atoms with Gasteiger partial charge in [0.25, 0.3) is 0 Å². The van der Waals surface area contributed by atoms with Crippen LogP contribution in [0.5, 0.6) is 0 Å². The van der Waals surface area contributed by atoms with Crippen LogP contribution in [0, 0.1) is 0 Å². The predicted molar refractivity (Wildman–Crippen MR) is 284 cm³/mol. The topological polar surface area (TPSA) is 78.9 Å². The van der Waals surface area contributed by atoms with E-state index in [2.05, 4.69) is 69.4 Å². The number of carbonyl (C=O) groups excluding carboxylic acids is 3. The summed E-state index contributed by atoms with van der Waals surface area (Å²) < 4.78 is 16.8. The molecular formula is C60H108O6. The molecule has 0 saturated heterocycles. The van der Waals surface area contributed by atoms with Crippen molar-refractivity contribution in [2.45, 2.75) is 303 Å². The Morgan fingerprint density at radius 1 is 0.303 bits per heavy atom. The van der Waals surface area contributed by atoms with Crippen LogP contribution in [0.4, 0.5) is 0 Å². The van der Waals surface area contributed by atoms with Crippen LogP contribution >= 0.6 is 0 Å². The minimum atomic E-state index is -0.797. The van der Waals surface area contributed by atoms with Crippen LogP contribution in [0.1, 0.15) is 297 Å². The van der Waals surface area contributed by atoms with Gasteiger partial charge in [-0.15, -0.1) is 0 Å². The molecule has 0 aromatic heterocycles. The smallest absolute Gasteiger partial charge is 0.306 e. The Kier molecular flexibility index (Phi) is 52.8. The highest BCUT2D eigenvalue weighted by Gasteiger charge is 2.19. The quantitative estimate of drug-likeness (QED) is 0.0262. The summed E-state index contributed by atoms with van der Waals surface area (Å²) in [5.41, 5.74) is 0. The molecule has 0 aliphatic rings. The van der Waals surface area contributed by atoms with Gasteiger partial charge in [-0.05, 0) is 57.8 Å². The number of rotatable bonds is 52. The first-order valence-corrected chi connectivity index (χ1v) is 28.6. The number of hydrogen-bond acceptors (Lipinski definition) is 6. The van der Waals surface area contributed by atoms with Crippen LogP contribution in [0.25, 0.3) is 0 Å². The molecule has 0 bridgehead atoms. The monoisotopic (exact) mass is 925 g/mol. The summed E-state index contributed by atoms with van der Waals surface area (Å²) in [4.78, 5) is 38.1. The molecule has 0 heterocycles. The standard InChI is InChI=1S/C60H108O6/c1-4-7-10-13-16-19-22-25-27-29-31-32-35-38-41-44-47-50-53-59(62)65-56-57(55-64-58(61)52-49-46-43-40-37-34-24-21-18-15-12-9-6-3)66-60(63)54-51-48-45-42-39-36-33-30-28-26-23-20-17-14-11-8-5-2/h17,20,26,28,33,36,42,45,57H,4-16,18-19,21-25,27,29-32,34-35,37-41,43-44,46-56H2,1-3H3/b20-17-,28-26-,36-33-,45-42-/t57-/m1/s1. The predicted octanol–water partition coefficient (Wildman–Crippen LogP) is 19.0. The summed E-state index contributed by atoms with van der Waals surface area (Å²) in [6.07, 6.45) is 66.8. The van der Waals surface area contributed by atoms with Gasteiger partial charge in [0.1, 0.15) is 13.2 Å². The van der Waals surface area contributed by atoms with E-state index in [9.17, 15) is 14.4 Å². The van der Waals surface area contributed by atoms with E-state index in [0.717, 1.165) is 64.2 Å². The van der Waals surface area contributed by atoms with Gasteiger partial charge in [-0.25, -0.2) is 0 Å². The first-order valence-electron chi connectivity index (χ1n) is 28.6. The molecule has 0 fully saturated rings. The Labute approximate surface area is 409 Å². The van der Waals surface area contributed by atoms with Crippen molar-refractivity contribution >= 4 is 17.9 Å². The second-order valence-corrected chi connectivity index (χ2v) is 19.2. The fourth-order valence-corrected chi connectivity index (χ4v) is 8.26. The molecule has 0 spiro atoms. The highest BCUT2D eigenvalue weighted by molar-refractivity contribution is 5.71. The Hall–Kier alpha value is -2.63. The molecule has 6 nitrogen and oxygen atoms in total. The molecule has 0 N–H and O–H groups in total. The molecule has 0 unspecified atom stereocenters. The van der Waals surface area contributed by atoms with E-state index in [1.54, 1.807) is 0 Å². The van der Waals surface area contributed by atoms with Crippen LogP contribution in [0.3, 0.4) is 0 Å². The van der Waals surface area contributed by atoms with Crippen molar-refractivity contribution in [3.05, 3.63) is 48.6 Å². The summed E-state index contributed by atoms with van der Waals surface area (Å²) in [5, 5.41) is 0. The van der Waals surface area contributed by atoms with E-state index in [0.29, 0.717) is 19.3 Å². The lowest BCUT2D eigenvalue weighted by Crippen LogP contribution is -2.30. The first kappa shape index (κ1) is 63.4. The molecule has 0 aliphatic carbocycles. The Bertz CT molecular complexity index is 1150. The van der Waals surface area contributed by atoms with E-state index < -0.39 is 6.10 Å². The lowest BCUT2D eigenvalue weighted by molar-refractivity contribution is -0.167. The normalized spacial score (nSPS) is 12.3. The summed E-state index contributed by atoms with van der Waals surface area (Å²) in [6.45, 7) is 6.60. The van der Waals surface area contributed by atoms with Gasteiger partial charge < -0.3 is 14.2 Å². The number of ether oxygens (including phenoxy) is 3. The summed E-state index contributed by atoms with van der Waals surface area (Å²) in [6, 6.07) is 0. The second kappa shape index (κ2) is 55.0. The van der Waals surface area contributed by atoms with E-state index in [1.807, 2.05) is 0 Å². The van der Waals surface area contributed by atoms with Crippen LogP contribution in [0.15, 0.2) is 48.6 Å². The fourth-order valence-electron chi connectivity index (χ4n) is 8.26. The van der Waals surface area contributed by atoms with Crippen molar-refractivity contribution in [3.8, 4) is 0 Å². The van der Waals surface area contributed by atoms with Crippen LogP contribution in [-0.2, 0) is 28.6 Å². The third-order valence-corrected chi connectivity index (χ3v) is 12.6. The molecule has 0 amide bonds. The number of allylic oxidation sites excluding steroid dienone is 8. The SMILES string of the molecule is CCCCC/C=C\C/C=C\C/C=C\C/C=C\CCCC(=O)O[C@H](COC(=O)CCCCCCCCCCCCCCC)COC(=O)CCCCCCCCCCCCCCCCCCCC. The first-order chi connectivity index (χ1) is 32.5. The van der Waals surface area contributed by atoms with Crippen molar-refractivity contribution in [2.24, 2.45) is 0 Å². The minimum absolute atomic E-state index is 0.0905. The van der Waals surface area contributed by atoms with Gasteiger partial charge in [0.2, 0.25) is 0 Å². The largest absolute Gasteiger partial charge is 0.462 e. The summed E-state index contributed by atoms with van der Waals surface area (Å²) in [5.74, 6) is -0.931. The zero-order valence-electron chi connectivity index (χ0n) is 44.0. The average Bonchev–Trinajstić information content (AvgIpc) is 3.31. The van der Waals surface area contributed by atoms with E-state index in [-0.39, 0.29) is 37.5 Å². The van der Waals surface area contributed by atoms with Gasteiger partial charge in [0.15, 0.2) is 6.10 Å². The third-order valence-electron chi connectivity index (χ3n) is 12.6. The van der Waals surface area contributed by atoms with Crippen LogP contribution in [0.2, 0.25) is 0 Å². The van der Waals surface area contributed by atoms with E-state index in [1.165, 1.54) is 186 Å². The Morgan fingerprint density at radius 3 is 0.894 bits per heavy atom. The lowest BCUT2D eigenvalue weighted by atomic mass is 10.0. The number of unbranched alkanes of at least 4 members (excludes halogenated alkanes) is 33. The molecule has 1 atom stereocenters. The molecule has 0 saturated carbocycles. The zero-order valence-corrected chi connectivity index (χ0v) is 44.0. The second-order valence-electron chi connectivity index (χ2n) is 19.2. The fraction of sp³-hybridized carbons (Fsp3) is 0.817. The molecule has 0 aliphatic heterocycles. The maximum absolute atomic E-state index is 12.8. The molecule has 0 radical (unpaired) electrons. The maximum Gasteiger partial charge on any atom is 0.306 e. The molecule has 6 heteroatoms. The van der Waals surface area contributed by atoms with Crippen molar-refractivity contribution in [2.75, 3.05) is 13.2 Å². The van der Waals surface area contributed by atoms with Crippen LogP contribution < -0.4 is 0 Å². The number of carbonyl (C=O) groups is 3. The van der Waals surface area contributed by atoms with E-state index >= 15 is 0 Å². The van der Waals surface area contributed by atoms with Gasteiger partial charge in [-0.1, -0.05) is 268 Å². The Morgan fingerprint density at radius 2 is 0.561 bits per heavy atom. The summed E-state index contributed by atoms with van der Waals surface area (Å²) in [7, 11) is 0. The van der Waals surface area contributed by atoms with Gasteiger partial charge >= 0.3 is 17.9 Å². The van der Waals surface area contributed by atoms with Crippen LogP contribution in [-0.4, -0.2) is 37.2 Å².